The fraction of sp³-hybridized carbons (Fsp3) is 0.200. The molecule has 16 heavy (non-hydrogen) atoms. The maximum Gasteiger partial charge on any atom is 0.123 e. The van der Waals surface area contributed by atoms with E-state index < -0.39 is 0 Å². The summed E-state index contributed by atoms with van der Waals surface area (Å²) >= 11 is 0. The molecule has 0 bridgehead atoms. The number of allylic oxidation sites excluding steroid dienone is 4. The summed E-state index contributed by atoms with van der Waals surface area (Å²) in [5.41, 5.74) is 1.83. The summed E-state index contributed by atoms with van der Waals surface area (Å²) in [5, 5.41) is 9.68. The van der Waals surface area contributed by atoms with Crippen LogP contribution < -0.4 is 0 Å². The third kappa shape index (κ3) is 4.18. The molecular weight excluding hydrogens is 196 g/mol. The first kappa shape index (κ1) is 14.2. The van der Waals surface area contributed by atoms with Crippen molar-refractivity contribution in [1.29, 1.82) is 0 Å². The zero-order chi connectivity index (χ0) is 12.4. The van der Waals surface area contributed by atoms with Crippen LogP contribution in [0.1, 0.15) is 26.3 Å². The van der Waals surface area contributed by atoms with Crippen LogP contribution in [-0.4, -0.2) is 5.11 Å². The number of aliphatic hydroxyl groups is 1. The highest BCUT2D eigenvalue weighted by atomic mass is 16.3. The van der Waals surface area contributed by atoms with Crippen LogP contribution in [0.4, 0.5) is 0 Å². The molecule has 1 heteroatoms. The van der Waals surface area contributed by atoms with E-state index in [9.17, 15) is 5.11 Å². The van der Waals surface area contributed by atoms with Crippen LogP contribution in [0.3, 0.4) is 0 Å². The minimum absolute atomic E-state index is 0.244. The topological polar surface area (TPSA) is 20.2 Å². The first-order valence-electron chi connectivity index (χ1n) is 5.53. The molecule has 0 unspecified atom stereocenters. The van der Waals surface area contributed by atoms with Gasteiger partial charge in [0.15, 0.2) is 0 Å². The van der Waals surface area contributed by atoms with E-state index in [1.165, 1.54) is 0 Å². The van der Waals surface area contributed by atoms with Crippen LogP contribution in [0.2, 0.25) is 0 Å². The Morgan fingerprint density at radius 3 is 2.19 bits per heavy atom. The van der Waals surface area contributed by atoms with Crippen molar-refractivity contribution in [3.63, 3.8) is 0 Å². The number of hydrogen-bond donors (Lipinski definition) is 1. The molecule has 1 aromatic rings. The van der Waals surface area contributed by atoms with Crippen molar-refractivity contribution in [2.75, 3.05) is 0 Å². The molecule has 1 aromatic carbocycles. The molecule has 0 aromatic heterocycles. The van der Waals surface area contributed by atoms with Crippen LogP contribution in [0.15, 0.2) is 60.9 Å². The summed E-state index contributed by atoms with van der Waals surface area (Å²) in [7, 11) is 0. The first-order valence-corrected chi connectivity index (χ1v) is 5.53. The lowest BCUT2D eigenvalue weighted by atomic mass is 10.0. The van der Waals surface area contributed by atoms with Crippen LogP contribution in [0, 0.1) is 0 Å². The summed E-state index contributed by atoms with van der Waals surface area (Å²) in [6.45, 7) is 9.45. The van der Waals surface area contributed by atoms with Crippen LogP contribution in [-0.2, 0) is 0 Å². The number of benzene rings is 1. The van der Waals surface area contributed by atoms with Gasteiger partial charge in [0.25, 0.3) is 0 Å². The fourth-order valence-electron chi connectivity index (χ4n) is 1.28. The Morgan fingerprint density at radius 2 is 1.75 bits per heavy atom. The third-order valence-electron chi connectivity index (χ3n) is 1.93. The number of hydrogen-bond acceptors (Lipinski definition) is 1. The van der Waals surface area contributed by atoms with Crippen molar-refractivity contribution < 1.29 is 5.11 Å². The molecule has 0 aliphatic rings. The van der Waals surface area contributed by atoms with E-state index in [1.54, 1.807) is 12.2 Å². The average Bonchev–Trinajstić information content (AvgIpc) is 2.34. The number of rotatable bonds is 3. The van der Waals surface area contributed by atoms with Gasteiger partial charge in [0.05, 0.1) is 0 Å². The van der Waals surface area contributed by atoms with Gasteiger partial charge >= 0.3 is 0 Å². The molecule has 0 fully saturated rings. The monoisotopic (exact) mass is 216 g/mol. The molecule has 1 rings (SSSR count). The lowest BCUT2D eigenvalue weighted by molar-refractivity contribution is 0.438. The smallest absolute Gasteiger partial charge is 0.123 e. The Hall–Kier alpha value is -1.76. The van der Waals surface area contributed by atoms with Gasteiger partial charge in [0.1, 0.15) is 5.76 Å². The molecule has 0 radical (unpaired) electrons. The molecule has 0 atom stereocenters. The zero-order valence-corrected chi connectivity index (χ0v) is 10.3. The minimum Gasteiger partial charge on any atom is -0.507 e. The summed E-state index contributed by atoms with van der Waals surface area (Å²) in [6, 6.07) is 9.76. The van der Waals surface area contributed by atoms with Crippen LogP contribution in [0.25, 0.3) is 5.57 Å². The molecule has 0 aliphatic carbocycles. The second kappa shape index (κ2) is 8.54. The molecule has 86 valence electrons. The molecule has 0 saturated heterocycles. The maximum absolute atomic E-state index is 9.68. The van der Waals surface area contributed by atoms with E-state index in [0.717, 1.165) is 11.1 Å². The normalized spacial score (nSPS) is 11.4. The molecule has 0 aliphatic heterocycles. The Balaban J connectivity index is 0.00000106. The minimum atomic E-state index is 0.244. The highest BCUT2D eigenvalue weighted by Crippen LogP contribution is 2.20. The summed E-state index contributed by atoms with van der Waals surface area (Å²) in [5.74, 6) is 0.244. The molecule has 0 amide bonds. The van der Waals surface area contributed by atoms with Gasteiger partial charge in [-0.3, -0.25) is 0 Å². The summed E-state index contributed by atoms with van der Waals surface area (Å²) < 4.78 is 0. The van der Waals surface area contributed by atoms with Crippen molar-refractivity contribution in [3.05, 3.63) is 66.5 Å². The third-order valence-corrected chi connectivity index (χ3v) is 1.93. The van der Waals surface area contributed by atoms with Gasteiger partial charge in [-0.25, -0.2) is 0 Å². The fourth-order valence-corrected chi connectivity index (χ4v) is 1.28. The van der Waals surface area contributed by atoms with Gasteiger partial charge in [-0.05, 0) is 18.6 Å². The molecule has 0 heterocycles. The van der Waals surface area contributed by atoms with Crippen molar-refractivity contribution >= 4 is 5.57 Å². The van der Waals surface area contributed by atoms with Gasteiger partial charge < -0.3 is 5.11 Å². The lowest BCUT2D eigenvalue weighted by Crippen LogP contribution is -1.87. The van der Waals surface area contributed by atoms with Gasteiger partial charge in [-0.15, -0.1) is 0 Å². The largest absolute Gasteiger partial charge is 0.507 e. The predicted octanol–water partition coefficient (Wildman–Crippen LogP) is 4.74. The highest BCUT2D eigenvalue weighted by molar-refractivity contribution is 5.76. The van der Waals surface area contributed by atoms with Gasteiger partial charge in [-0.1, -0.05) is 62.9 Å². The van der Waals surface area contributed by atoms with E-state index >= 15 is 0 Å². The van der Waals surface area contributed by atoms with E-state index in [-0.39, 0.29) is 5.76 Å². The highest BCUT2D eigenvalue weighted by Gasteiger charge is 2.02. The van der Waals surface area contributed by atoms with Crippen molar-refractivity contribution in [2.24, 2.45) is 0 Å². The van der Waals surface area contributed by atoms with Gasteiger partial charge in [-0.2, -0.15) is 0 Å². The lowest BCUT2D eigenvalue weighted by Gasteiger charge is -2.05. The predicted molar refractivity (Wildman–Crippen MR) is 72.3 cm³/mol. The Kier molecular flexibility index (Phi) is 7.60. The maximum atomic E-state index is 9.68. The molecule has 0 saturated carbocycles. The van der Waals surface area contributed by atoms with Crippen LogP contribution >= 0.6 is 0 Å². The van der Waals surface area contributed by atoms with Crippen molar-refractivity contribution in [2.45, 2.75) is 20.8 Å². The molecular formula is C15H20O. The van der Waals surface area contributed by atoms with Gasteiger partial charge in [0.2, 0.25) is 0 Å². The Morgan fingerprint density at radius 1 is 1.19 bits per heavy atom. The van der Waals surface area contributed by atoms with E-state index in [0.29, 0.717) is 0 Å². The number of aliphatic hydroxyl groups excluding tert-OH is 1. The van der Waals surface area contributed by atoms with E-state index in [1.807, 2.05) is 57.2 Å². The SMILES string of the molecule is C=C/C=C(O)\C(=C/C)c1ccccc1.CC. The average molecular weight is 216 g/mol. The zero-order valence-electron chi connectivity index (χ0n) is 10.3. The second-order valence-corrected chi connectivity index (χ2v) is 2.86. The summed E-state index contributed by atoms with van der Waals surface area (Å²) in [4.78, 5) is 0. The standard InChI is InChI=1S/C13H14O.C2H6/c1-3-8-13(14)12(4-2)11-9-6-5-7-10-11;1-2/h3-10,14H,1H2,2H3;1-2H3/b12-4-,13-8+;. The quantitative estimate of drug-likeness (QED) is 0.571. The first-order chi connectivity index (χ1) is 7.79. The van der Waals surface area contributed by atoms with Crippen molar-refractivity contribution in [3.8, 4) is 0 Å². The van der Waals surface area contributed by atoms with Crippen LogP contribution in [0.5, 0.6) is 0 Å². The van der Waals surface area contributed by atoms with E-state index in [4.69, 9.17) is 0 Å². The summed E-state index contributed by atoms with van der Waals surface area (Å²) in [6.07, 6.45) is 5.04. The Bertz CT molecular complexity index is 358. The second-order valence-electron chi connectivity index (χ2n) is 2.86. The van der Waals surface area contributed by atoms with E-state index in [2.05, 4.69) is 6.58 Å². The van der Waals surface area contributed by atoms with Crippen molar-refractivity contribution in [1.82, 2.24) is 0 Å². The van der Waals surface area contributed by atoms with Gasteiger partial charge in [0, 0.05) is 5.57 Å². The Labute approximate surface area is 98.4 Å². The molecule has 1 nitrogen and oxygen atoms in total. The molecule has 1 N–H and O–H groups in total. The molecule has 0 spiro atoms.